The maximum Gasteiger partial charge on any atom is 0.326 e. The van der Waals surface area contributed by atoms with Gasteiger partial charge in [-0.3, -0.25) is 0 Å². The maximum atomic E-state index is 6.61. The first-order valence-corrected chi connectivity index (χ1v) is 17.1. The summed E-state index contributed by atoms with van der Waals surface area (Å²) in [5, 5.41) is 1.91. The summed E-state index contributed by atoms with van der Waals surface area (Å²) in [6.45, 7) is 16.6. The Morgan fingerprint density at radius 2 is 0.545 bits per heavy atom. The first kappa shape index (κ1) is 31.6. The molecule has 4 nitrogen and oxygen atoms in total. The zero-order valence-corrected chi connectivity index (χ0v) is 28.6. The summed E-state index contributed by atoms with van der Waals surface area (Å²) in [5.74, 6) is 3.26. The van der Waals surface area contributed by atoms with Crippen molar-refractivity contribution in [2.24, 2.45) is 0 Å². The predicted molar refractivity (Wildman–Crippen MR) is 186 cm³/mol. The summed E-state index contributed by atoms with van der Waals surface area (Å²) in [5.41, 5.74) is 9.08. The van der Waals surface area contributed by atoms with Gasteiger partial charge in [0.2, 0.25) is 0 Å². The topological polar surface area (TPSA) is 36.9 Å². The Labute approximate surface area is 264 Å². The fourth-order valence-electron chi connectivity index (χ4n) is 4.91. The van der Waals surface area contributed by atoms with E-state index in [1.54, 1.807) is 0 Å². The highest BCUT2D eigenvalue weighted by atomic mass is 31.2. The van der Waals surface area contributed by atoms with Crippen LogP contribution in [0.3, 0.4) is 0 Å². The Hall–Kier alpha value is -3.84. The van der Waals surface area contributed by atoms with Gasteiger partial charge in [-0.05, 0) is 126 Å². The lowest BCUT2D eigenvalue weighted by molar-refractivity contribution is 0.496. The van der Waals surface area contributed by atoms with Crippen LogP contribution in [0.2, 0.25) is 0 Å². The van der Waals surface area contributed by atoms with E-state index in [4.69, 9.17) is 18.1 Å². The van der Waals surface area contributed by atoms with E-state index >= 15 is 0 Å². The summed E-state index contributed by atoms with van der Waals surface area (Å²) < 4.78 is 26.4. The number of hydrogen-bond acceptors (Lipinski definition) is 4. The minimum Gasteiger partial charge on any atom is -0.435 e. The molecule has 0 amide bonds. The van der Waals surface area contributed by atoms with E-state index in [9.17, 15) is 0 Å². The molecule has 0 aliphatic rings. The quantitative estimate of drug-likeness (QED) is 0.145. The van der Waals surface area contributed by atoms with Gasteiger partial charge in [0.15, 0.2) is 0 Å². The smallest absolute Gasteiger partial charge is 0.326 e. The molecule has 0 aliphatic heterocycles. The second-order valence-electron chi connectivity index (χ2n) is 11.5. The van der Waals surface area contributed by atoms with E-state index in [0.717, 1.165) is 55.9 Å². The van der Waals surface area contributed by atoms with Gasteiger partial charge < -0.3 is 18.1 Å². The van der Waals surface area contributed by atoms with E-state index in [1.807, 2.05) is 24.3 Å². The van der Waals surface area contributed by atoms with E-state index in [-0.39, 0.29) is 0 Å². The van der Waals surface area contributed by atoms with Crippen LogP contribution in [-0.2, 0) is 0 Å². The third-order valence-corrected chi connectivity index (χ3v) is 10.2. The van der Waals surface area contributed by atoms with E-state index in [1.165, 1.54) is 22.3 Å². The number of rotatable bonds is 10. The molecule has 0 unspecified atom stereocenters. The molecule has 5 aromatic carbocycles. The molecule has 0 spiro atoms. The Kier molecular flexibility index (Phi) is 9.94. The molecule has 6 heteroatoms. The first-order chi connectivity index (χ1) is 21.0. The molecule has 0 heterocycles. The molecule has 0 aromatic heterocycles. The molecular formula is C38H40O4P2. The molecular weight excluding hydrogens is 582 g/mol. The SMILES string of the molecule is Cc1ccc(OP(Oc2ccc(C)cc2C)c2ccc(P(Oc3ccc(C)cc3C)Oc3ccc(C)cc3C)cc2)c(C)c1. The van der Waals surface area contributed by atoms with Crippen molar-refractivity contribution in [1.29, 1.82) is 0 Å². The van der Waals surface area contributed by atoms with Gasteiger partial charge in [0.05, 0.1) is 10.6 Å². The fourth-order valence-corrected chi connectivity index (χ4v) is 7.72. The summed E-state index contributed by atoms with van der Waals surface area (Å²) in [4.78, 5) is 0. The molecule has 0 fully saturated rings. The second-order valence-corrected chi connectivity index (χ2v) is 14.3. The van der Waals surface area contributed by atoms with Crippen LogP contribution in [0.25, 0.3) is 0 Å². The van der Waals surface area contributed by atoms with Crippen molar-refractivity contribution in [2.75, 3.05) is 0 Å². The Morgan fingerprint density at radius 3 is 0.750 bits per heavy atom. The molecule has 5 aromatic rings. The van der Waals surface area contributed by atoms with Gasteiger partial charge in [0.25, 0.3) is 0 Å². The van der Waals surface area contributed by atoms with Crippen molar-refractivity contribution >= 4 is 27.4 Å². The van der Waals surface area contributed by atoms with Gasteiger partial charge in [0.1, 0.15) is 23.0 Å². The molecule has 0 saturated heterocycles. The van der Waals surface area contributed by atoms with Gasteiger partial charge >= 0.3 is 16.8 Å². The van der Waals surface area contributed by atoms with Gasteiger partial charge in [-0.15, -0.1) is 0 Å². The van der Waals surface area contributed by atoms with E-state index in [0.29, 0.717) is 0 Å². The van der Waals surface area contributed by atoms with E-state index in [2.05, 4.69) is 128 Å². The first-order valence-electron chi connectivity index (χ1n) is 14.8. The van der Waals surface area contributed by atoms with Crippen molar-refractivity contribution in [2.45, 2.75) is 55.4 Å². The van der Waals surface area contributed by atoms with Crippen LogP contribution in [0.5, 0.6) is 23.0 Å². The van der Waals surface area contributed by atoms with Crippen LogP contribution in [0.4, 0.5) is 0 Å². The lowest BCUT2D eigenvalue weighted by atomic mass is 10.1. The summed E-state index contributed by atoms with van der Waals surface area (Å²) in [6, 6.07) is 33.2. The third-order valence-electron chi connectivity index (χ3n) is 7.32. The summed E-state index contributed by atoms with van der Waals surface area (Å²) in [7, 11) is -2.96. The number of aryl methyl sites for hydroxylation is 8. The minimum atomic E-state index is -1.48. The normalized spacial score (nSPS) is 11.1. The van der Waals surface area contributed by atoms with Crippen molar-refractivity contribution in [3.63, 3.8) is 0 Å². The molecule has 0 saturated carbocycles. The highest BCUT2D eigenvalue weighted by Gasteiger charge is 2.24. The van der Waals surface area contributed by atoms with E-state index < -0.39 is 16.8 Å². The predicted octanol–water partition coefficient (Wildman–Crippen LogP) is 10.3. The fraction of sp³-hybridized carbons (Fsp3) is 0.211. The highest BCUT2D eigenvalue weighted by Crippen LogP contribution is 2.44. The minimum absolute atomic E-state index is 0.814. The highest BCUT2D eigenvalue weighted by molar-refractivity contribution is 7.57. The average molecular weight is 623 g/mol. The molecule has 0 radical (unpaired) electrons. The molecule has 226 valence electrons. The Balaban J connectivity index is 1.49. The number of benzene rings is 5. The molecule has 44 heavy (non-hydrogen) atoms. The maximum absolute atomic E-state index is 6.61. The second kappa shape index (κ2) is 13.9. The van der Waals surface area contributed by atoms with Gasteiger partial charge in [-0.2, -0.15) is 0 Å². The van der Waals surface area contributed by atoms with Crippen LogP contribution >= 0.6 is 16.8 Å². The lowest BCUT2D eigenvalue weighted by Crippen LogP contribution is -2.16. The van der Waals surface area contributed by atoms with Gasteiger partial charge in [-0.1, -0.05) is 70.8 Å². The number of hydrogen-bond donors (Lipinski definition) is 0. The summed E-state index contributed by atoms with van der Waals surface area (Å²) in [6.07, 6.45) is 0. The molecule has 5 rings (SSSR count). The lowest BCUT2D eigenvalue weighted by Gasteiger charge is -2.23. The largest absolute Gasteiger partial charge is 0.435 e. The van der Waals surface area contributed by atoms with Crippen LogP contribution < -0.4 is 28.7 Å². The molecule has 0 atom stereocenters. The zero-order valence-electron chi connectivity index (χ0n) is 26.8. The van der Waals surface area contributed by atoms with Crippen molar-refractivity contribution in [3.8, 4) is 23.0 Å². The monoisotopic (exact) mass is 622 g/mol. The molecule has 0 aliphatic carbocycles. The van der Waals surface area contributed by atoms with Crippen LogP contribution in [0.1, 0.15) is 44.5 Å². The third kappa shape index (κ3) is 7.81. The van der Waals surface area contributed by atoms with Crippen molar-refractivity contribution in [3.05, 3.63) is 142 Å². The standard InChI is InChI=1S/C38H40O4P2/c1-25-9-17-35(29(5)21-25)39-43(40-36-18-10-26(2)22-30(36)6)33-13-15-34(16-14-33)44(41-37-19-11-27(3)23-31(37)7)42-38-20-12-28(4)24-32(38)8/h9-24H,1-8H3. The molecule has 0 N–H and O–H groups in total. The Morgan fingerprint density at radius 1 is 0.318 bits per heavy atom. The van der Waals surface area contributed by atoms with Crippen molar-refractivity contribution in [1.82, 2.24) is 0 Å². The van der Waals surface area contributed by atoms with Crippen molar-refractivity contribution < 1.29 is 18.1 Å². The Bertz CT molecular complexity index is 1530. The van der Waals surface area contributed by atoms with Gasteiger partial charge in [-0.25, -0.2) is 0 Å². The summed E-state index contributed by atoms with van der Waals surface area (Å²) >= 11 is 0. The van der Waals surface area contributed by atoms with Crippen LogP contribution in [0.15, 0.2) is 97.1 Å². The van der Waals surface area contributed by atoms with Crippen LogP contribution in [0, 0.1) is 55.4 Å². The van der Waals surface area contributed by atoms with Crippen LogP contribution in [-0.4, -0.2) is 0 Å². The molecule has 0 bridgehead atoms. The zero-order chi connectivity index (χ0) is 31.4. The van der Waals surface area contributed by atoms with Gasteiger partial charge in [0, 0.05) is 0 Å². The average Bonchev–Trinajstić information content (AvgIpc) is 2.97.